The molecule has 2 rings (SSSR count). The molecule has 0 saturated heterocycles. The first-order valence-corrected chi connectivity index (χ1v) is 6.33. The van der Waals surface area contributed by atoms with Gasteiger partial charge in [0, 0.05) is 5.71 Å². The third-order valence-corrected chi connectivity index (χ3v) is 3.05. The summed E-state index contributed by atoms with van der Waals surface area (Å²) in [5.74, 6) is -0.443. The Labute approximate surface area is 106 Å². The number of nitrogens with one attached hydrogen (secondary N) is 1. The Morgan fingerprint density at radius 2 is 1.83 bits per heavy atom. The number of hydrogen-bond acceptors (Lipinski definition) is 2. The van der Waals surface area contributed by atoms with Crippen LogP contribution >= 0.6 is 0 Å². The van der Waals surface area contributed by atoms with Crippen molar-refractivity contribution in [1.29, 1.82) is 0 Å². The van der Waals surface area contributed by atoms with E-state index in [2.05, 4.69) is 10.5 Å². The molecular formula is C14H17FN2O. The number of rotatable bonds is 3. The van der Waals surface area contributed by atoms with Gasteiger partial charge in [-0.15, -0.1) is 0 Å². The molecule has 1 N–H and O–H groups in total. The number of benzene rings is 1. The molecule has 1 fully saturated rings. The fourth-order valence-corrected chi connectivity index (χ4v) is 2.04. The lowest BCUT2D eigenvalue weighted by molar-refractivity contribution is -0.120. The van der Waals surface area contributed by atoms with Gasteiger partial charge in [-0.05, 0) is 43.4 Å². The van der Waals surface area contributed by atoms with Crippen molar-refractivity contribution in [2.24, 2.45) is 5.10 Å². The van der Waals surface area contributed by atoms with Crippen LogP contribution in [-0.4, -0.2) is 11.6 Å². The van der Waals surface area contributed by atoms with E-state index in [1.54, 1.807) is 12.1 Å². The minimum atomic E-state index is -0.290. The molecule has 0 radical (unpaired) electrons. The normalized spacial score (nSPS) is 15.3. The third-order valence-electron chi connectivity index (χ3n) is 3.05. The Balaban J connectivity index is 1.83. The van der Waals surface area contributed by atoms with Crippen LogP contribution in [0.4, 0.5) is 4.39 Å². The van der Waals surface area contributed by atoms with E-state index in [9.17, 15) is 9.18 Å². The molecule has 96 valence electrons. The molecule has 1 aromatic carbocycles. The van der Waals surface area contributed by atoms with Crippen molar-refractivity contribution in [3.63, 3.8) is 0 Å². The number of hydrazone groups is 1. The lowest BCUT2D eigenvalue weighted by Gasteiger charge is -2.11. The van der Waals surface area contributed by atoms with E-state index in [1.165, 1.54) is 18.6 Å². The zero-order chi connectivity index (χ0) is 12.8. The van der Waals surface area contributed by atoms with Gasteiger partial charge in [0.25, 0.3) is 0 Å². The second kappa shape index (κ2) is 6.28. The van der Waals surface area contributed by atoms with E-state index in [0.717, 1.165) is 37.0 Å². The number of carbonyl (C=O) groups is 1. The molecule has 1 aliphatic carbocycles. The second-order valence-electron chi connectivity index (χ2n) is 4.58. The van der Waals surface area contributed by atoms with Crippen LogP contribution in [0, 0.1) is 5.82 Å². The Hall–Kier alpha value is -1.71. The molecule has 1 aromatic rings. The molecule has 1 aliphatic rings. The summed E-state index contributed by atoms with van der Waals surface area (Å²) in [5.41, 5.74) is 4.44. The van der Waals surface area contributed by atoms with E-state index in [-0.39, 0.29) is 18.1 Å². The van der Waals surface area contributed by atoms with Crippen molar-refractivity contribution in [2.75, 3.05) is 0 Å². The van der Waals surface area contributed by atoms with Gasteiger partial charge in [-0.1, -0.05) is 18.6 Å². The van der Waals surface area contributed by atoms with Crippen LogP contribution in [0.2, 0.25) is 0 Å². The number of nitrogens with zero attached hydrogens (tertiary/aromatic N) is 1. The van der Waals surface area contributed by atoms with Gasteiger partial charge in [0.05, 0.1) is 6.42 Å². The first-order chi connectivity index (χ1) is 8.74. The largest absolute Gasteiger partial charge is 0.273 e. The van der Waals surface area contributed by atoms with Gasteiger partial charge in [0.1, 0.15) is 5.82 Å². The van der Waals surface area contributed by atoms with Gasteiger partial charge in [-0.25, -0.2) is 9.82 Å². The highest BCUT2D eigenvalue weighted by Gasteiger charge is 2.08. The molecule has 4 heteroatoms. The van der Waals surface area contributed by atoms with Crippen LogP contribution in [-0.2, 0) is 11.2 Å². The summed E-state index contributed by atoms with van der Waals surface area (Å²) in [6.45, 7) is 0. The van der Waals surface area contributed by atoms with Gasteiger partial charge in [-0.3, -0.25) is 4.79 Å². The Morgan fingerprint density at radius 3 is 2.50 bits per heavy atom. The van der Waals surface area contributed by atoms with Crippen molar-refractivity contribution in [2.45, 2.75) is 38.5 Å². The summed E-state index contributed by atoms with van der Waals surface area (Å²) >= 11 is 0. The van der Waals surface area contributed by atoms with Crippen LogP contribution < -0.4 is 5.43 Å². The molecule has 1 amide bonds. The topological polar surface area (TPSA) is 41.5 Å². The van der Waals surface area contributed by atoms with Crippen LogP contribution in [0.5, 0.6) is 0 Å². The molecule has 0 unspecified atom stereocenters. The number of hydrogen-bond donors (Lipinski definition) is 1. The van der Waals surface area contributed by atoms with Crippen molar-refractivity contribution >= 4 is 11.6 Å². The highest BCUT2D eigenvalue weighted by atomic mass is 19.1. The average Bonchev–Trinajstić information content (AvgIpc) is 2.40. The second-order valence-corrected chi connectivity index (χ2v) is 4.58. The predicted octanol–water partition coefficient (Wildman–Crippen LogP) is 2.80. The smallest absolute Gasteiger partial charge is 0.244 e. The Morgan fingerprint density at radius 1 is 1.17 bits per heavy atom. The molecule has 0 heterocycles. The highest BCUT2D eigenvalue weighted by Crippen LogP contribution is 2.14. The summed E-state index contributed by atoms with van der Waals surface area (Å²) in [6.07, 6.45) is 5.77. The van der Waals surface area contributed by atoms with Crippen LogP contribution in [0.3, 0.4) is 0 Å². The van der Waals surface area contributed by atoms with Crippen molar-refractivity contribution < 1.29 is 9.18 Å². The van der Waals surface area contributed by atoms with Gasteiger partial charge in [0.2, 0.25) is 5.91 Å². The predicted molar refractivity (Wildman–Crippen MR) is 68.8 cm³/mol. The van der Waals surface area contributed by atoms with E-state index in [1.807, 2.05) is 0 Å². The quantitative estimate of drug-likeness (QED) is 0.821. The maximum atomic E-state index is 12.7. The summed E-state index contributed by atoms with van der Waals surface area (Å²) in [6, 6.07) is 5.94. The fourth-order valence-electron chi connectivity index (χ4n) is 2.04. The molecule has 3 nitrogen and oxygen atoms in total. The summed E-state index contributed by atoms with van der Waals surface area (Å²) < 4.78 is 12.7. The van der Waals surface area contributed by atoms with E-state index < -0.39 is 0 Å². The summed E-state index contributed by atoms with van der Waals surface area (Å²) in [4.78, 5) is 11.6. The maximum absolute atomic E-state index is 12.7. The standard InChI is InChI=1S/C14H17FN2O/c15-12-8-6-11(7-9-12)10-14(18)17-16-13-4-2-1-3-5-13/h6-9H,1-5,10H2,(H,17,18). The molecule has 0 aromatic heterocycles. The van der Waals surface area contributed by atoms with Crippen LogP contribution in [0.15, 0.2) is 29.4 Å². The van der Waals surface area contributed by atoms with E-state index in [4.69, 9.17) is 0 Å². The molecular weight excluding hydrogens is 231 g/mol. The SMILES string of the molecule is O=C(Cc1ccc(F)cc1)NN=C1CCCCC1. The number of halogens is 1. The first-order valence-electron chi connectivity index (χ1n) is 6.33. The molecule has 0 atom stereocenters. The van der Waals surface area contributed by atoms with Gasteiger partial charge in [-0.2, -0.15) is 5.10 Å². The monoisotopic (exact) mass is 248 g/mol. The lowest BCUT2D eigenvalue weighted by atomic mass is 9.99. The van der Waals surface area contributed by atoms with Gasteiger partial charge in [0.15, 0.2) is 0 Å². The molecule has 1 saturated carbocycles. The Kier molecular flexibility index (Phi) is 4.45. The van der Waals surface area contributed by atoms with Gasteiger partial charge < -0.3 is 0 Å². The minimum Gasteiger partial charge on any atom is -0.273 e. The molecule has 18 heavy (non-hydrogen) atoms. The van der Waals surface area contributed by atoms with Gasteiger partial charge >= 0.3 is 0 Å². The maximum Gasteiger partial charge on any atom is 0.244 e. The van der Waals surface area contributed by atoms with Crippen molar-refractivity contribution in [3.05, 3.63) is 35.6 Å². The Bertz CT molecular complexity index is 432. The van der Waals surface area contributed by atoms with Crippen molar-refractivity contribution in [3.8, 4) is 0 Å². The van der Waals surface area contributed by atoms with Crippen LogP contribution in [0.1, 0.15) is 37.7 Å². The van der Waals surface area contributed by atoms with E-state index in [0.29, 0.717) is 0 Å². The molecule has 0 bridgehead atoms. The third kappa shape index (κ3) is 3.95. The van der Waals surface area contributed by atoms with Crippen molar-refractivity contribution in [1.82, 2.24) is 5.43 Å². The summed E-state index contributed by atoms with van der Waals surface area (Å²) in [5, 5.41) is 4.14. The van der Waals surface area contributed by atoms with E-state index >= 15 is 0 Å². The zero-order valence-electron chi connectivity index (χ0n) is 10.3. The summed E-state index contributed by atoms with van der Waals surface area (Å²) in [7, 11) is 0. The zero-order valence-corrected chi connectivity index (χ0v) is 10.3. The highest BCUT2D eigenvalue weighted by molar-refractivity contribution is 5.87. The average molecular weight is 248 g/mol. The minimum absolute atomic E-state index is 0.153. The number of carbonyl (C=O) groups excluding carboxylic acids is 1. The molecule has 0 spiro atoms. The number of amides is 1. The van der Waals surface area contributed by atoms with Crippen LogP contribution in [0.25, 0.3) is 0 Å². The first kappa shape index (κ1) is 12.7. The molecule has 0 aliphatic heterocycles. The fraction of sp³-hybridized carbons (Fsp3) is 0.429. The lowest BCUT2D eigenvalue weighted by Crippen LogP contribution is -2.22.